The lowest BCUT2D eigenvalue weighted by Gasteiger charge is -2.07. The molecule has 0 atom stereocenters. The van der Waals surface area contributed by atoms with Crippen molar-refractivity contribution in [3.8, 4) is 6.07 Å². The van der Waals surface area contributed by atoms with Crippen LogP contribution in [0, 0.1) is 17.1 Å². The van der Waals surface area contributed by atoms with Crippen LogP contribution in [-0.4, -0.2) is 22.9 Å². The fourth-order valence-electron chi connectivity index (χ4n) is 1.50. The molecule has 1 aromatic heterocycles. The Bertz CT molecular complexity index is 695. The molecular weight excluding hydrogens is 261 g/mol. The van der Waals surface area contributed by atoms with Crippen LogP contribution in [0.2, 0.25) is 0 Å². The lowest BCUT2D eigenvalue weighted by molar-refractivity contribution is 0.102. The van der Waals surface area contributed by atoms with Crippen LogP contribution in [0.5, 0.6) is 0 Å². The zero-order valence-electron chi connectivity index (χ0n) is 10.5. The molecule has 1 heterocycles. The van der Waals surface area contributed by atoms with Gasteiger partial charge < -0.3 is 10.6 Å². The summed E-state index contributed by atoms with van der Waals surface area (Å²) < 4.78 is 13.0. The molecule has 0 aliphatic rings. The van der Waals surface area contributed by atoms with Crippen LogP contribution in [0.15, 0.2) is 30.6 Å². The molecule has 0 unspecified atom stereocenters. The third-order valence-electron chi connectivity index (χ3n) is 2.47. The Labute approximate surface area is 114 Å². The van der Waals surface area contributed by atoms with Gasteiger partial charge in [-0.25, -0.2) is 9.37 Å². The van der Waals surface area contributed by atoms with E-state index in [1.807, 2.05) is 6.07 Å². The van der Waals surface area contributed by atoms with Crippen LogP contribution in [0.1, 0.15) is 16.1 Å². The van der Waals surface area contributed by atoms with Crippen molar-refractivity contribution < 1.29 is 9.18 Å². The van der Waals surface area contributed by atoms with Crippen molar-refractivity contribution in [2.75, 3.05) is 17.7 Å². The third kappa shape index (κ3) is 2.87. The molecule has 0 saturated heterocycles. The van der Waals surface area contributed by atoms with Gasteiger partial charge in [-0.05, 0) is 18.2 Å². The summed E-state index contributed by atoms with van der Waals surface area (Å²) in [4.78, 5) is 19.9. The number of benzene rings is 1. The van der Waals surface area contributed by atoms with Crippen LogP contribution in [0.3, 0.4) is 0 Å². The Morgan fingerprint density at radius 1 is 1.40 bits per heavy atom. The second kappa shape index (κ2) is 5.75. The first-order valence-corrected chi connectivity index (χ1v) is 5.65. The summed E-state index contributed by atoms with van der Waals surface area (Å²) in [5.41, 5.74) is 0.344. The summed E-state index contributed by atoms with van der Waals surface area (Å²) in [7, 11) is 1.65. The molecular formula is C13H10FN5O. The molecule has 2 N–H and O–H groups in total. The molecule has 0 fully saturated rings. The summed E-state index contributed by atoms with van der Waals surface area (Å²) in [6, 6.07) is 5.34. The molecule has 100 valence electrons. The topological polar surface area (TPSA) is 90.7 Å². The zero-order valence-corrected chi connectivity index (χ0v) is 10.5. The molecule has 0 aliphatic carbocycles. The number of halogens is 1. The van der Waals surface area contributed by atoms with Crippen molar-refractivity contribution in [3.63, 3.8) is 0 Å². The number of hydrogen-bond donors (Lipinski definition) is 2. The maximum Gasteiger partial charge on any atom is 0.275 e. The van der Waals surface area contributed by atoms with E-state index < -0.39 is 11.7 Å². The summed E-state index contributed by atoms with van der Waals surface area (Å²) in [6.45, 7) is 0. The number of aromatic nitrogens is 2. The maximum atomic E-state index is 13.0. The number of carbonyl (C=O) groups is 1. The lowest BCUT2D eigenvalue weighted by Crippen LogP contribution is -2.15. The Morgan fingerprint density at radius 2 is 2.20 bits per heavy atom. The van der Waals surface area contributed by atoms with E-state index in [-0.39, 0.29) is 16.9 Å². The first-order valence-electron chi connectivity index (χ1n) is 5.65. The highest BCUT2D eigenvalue weighted by Crippen LogP contribution is 2.16. The average molecular weight is 271 g/mol. The summed E-state index contributed by atoms with van der Waals surface area (Å²) >= 11 is 0. The van der Waals surface area contributed by atoms with E-state index in [9.17, 15) is 9.18 Å². The normalized spacial score (nSPS) is 9.65. The molecule has 1 amide bonds. The fraction of sp³-hybridized carbons (Fsp3) is 0.0769. The second-order valence-electron chi connectivity index (χ2n) is 3.80. The molecule has 7 heteroatoms. The smallest absolute Gasteiger partial charge is 0.275 e. The van der Waals surface area contributed by atoms with Crippen molar-refractivity contribution >= 4 is 17.4 Å². The summed E-state index contributed by atoms with van der Waals surface area (Å²) in [5.74, 6) is -0.633. The molecule has 0 spiro atoms. The van der Waals surface area contributed by atoms with Crippen LogP contribution in [0.4, 0.5) is 15.9 Å². The molecule has 2 aromatic rings. The van der Waals surface area contributed by atoms with Gasteiger partial charge in [0.05, 0.1) is 23.6 Å². The molecule has 0 bridgehead atoms. The number of anilines is 2. The van der Waals surface area contributed by atoms with Crippen LogP contribution in [0.25, 0.3) is 0 Å². The van der Waals surface area contributed by atoms with E-state index in [2.05, 4.69) is 20.6 Å². The molecule has 6 nitrogen and oxygen atoms in total. The SMILES string of the molecule is CNc1cncc(C(=O)Nc2ccc(F)cc2C#N)n1. The van der Waals surface area contributed by atoms with E-state index in [1.54, 1.807) is 7.05 Å². The van der Waals surface area contributed by atoms with Crippen molar-refractivity contribution in [2.24, 2.45) is 0 Å². The van der Waals surface area contributed by atoms with Gasteiger partial charge in [0.25, 0.3) is 5.91 Å². The predicted molar refractivity (Wildman–Crippen MR) is 70.6 cm³/mol. The number of nitriles is 1. The molecule has 2 rings (SSSR count). The number of rotatable bonds is 3. The first-order chi connectivity index (χ1) is 9.63. The zero-order chi connectivity index (χ0) is 14.5. The van der Waals surface area contributed by atoms with E-state index in [0.717, 1.165) is 12.1 Å². The van der Waals surface area contributed by atoms with Crippen LogP contribution >= 0.6 is 0 Å². The van der Waals surface area contributed by atoms with Crippen molar-refractivity contribution in [3.05, 3.63) is 47.7 Å². The Hall–Kier alpha value is -3.01. The van der Waals surface area contributed by atoms with Gasteiger partial charge in [-0.2, -0.15) is 5.26 Å². The Morgan fingerprint density at radius 3 is 2.90 bits per heavy atom. The number of nitrogens with zero attached hydrogens (tertiary/aromatic N) is 3. The number of nitrogens with one attached hydrogen (secondary N) is 2. The highest BCUT2D eigenvalue weighted by atomic mass is 19.1. The van der Waals surface area contributed by atoms with Gasteiger partial charge in [-0.3, -0.25) is 9.78 Å². The molecule has 0 aliphatic heterocycles. The summed E-state index contributed by atoms with van der Waals surface area (Å²) in [6.07, 6.45) is 2.77. The van der Waals surface area contributed by atoms with E-state index >= 15 is 0 Å². The highest BCUT2D eigenvalue weighted by Gasteiger charge is 2.12. The minimum Gasteiger partial charge on any atom is -0.372 e. The van der Waals surface area contributed by atoms with Gasteiger partial charge in [0.15, 0.2) is 0 Å². The minimum atomic E-state index is -0.545. The Balaban J connectivity index is 2.26. The molecule has 0 saturated carbocycles. The number of amides is 1. The quantitative estimate of drug-likeness (QED) is 0.888. The van der Waals surface area contributed by atoms with E-state index in [1.165, 1.54) is 18.5 Å². The van der Waals surface area contributed by atoms with Gasteiger partial charge >= 0.3 is 0 Å². The molecule has 20 heavy (non-hydrogen) atoms. The Kier molecular flexibility index (Phi) is 3.86. The average Bonchev–Trinajstić information content (AvgIpc) is 2.49. The van der Waals surface area contributed by atoms with Crippen molar-refractivity contribution in [1.82, 2.24) is 9.97 Å². The third-order valence-corrected chi connectivity index (χ3v) is 2.47. The van der Waals surface area contributed by atoms with Gasteiger partial charge in [-0.1, -0.05) is 0 Å². The van der Waals surface area contributed by atoms with E-state index in [4.69, 9.17) is 5.26 Å². The number of hydrogen-bond acceptors (Lipinski definition) is 5. The first kappa shape index (κ1) is 13.4. The van der Waals surface area contributed by atoms with Gasteiger partial charge in [0.1, 0.15) is 23.4 Å². The fourth-order valence-corrected chi connectivity index (χ4v) is 1.50. The second-order valence-corrected chi connectivity index (χ2v) is 3.80. The minimum absolute atomic E-state index is 0.0380. The maximum absolute atomic E-state index is 13.0. The number of carbonyl (C=O) groups excluding carboxylic acids is 1. The van der Waals surface area contributed by atoms with Gasteiger partial charge in [0, 0.05) is 7.05 Å². The van der Waals surface area contributed by atoms with Crippen LogP contribution in [-0.2, 0) is 0 Å². The predicted octanol–water partition coefficient (Wildman–Crippen LogP) is 1.78. The van der Waals surface area contributed by atoms with Crippen molar-refractivity contribution in [1.29, 1.82) is 5.26 Å². The molecule has 1 aromatic carbocycles. The largest absolute Gasteiger partial charge is 0.372 e. The van der Waals surface area contributed by atoms with Crippen LogP contribution < -0.4 is 10.6 Å². The summed E-state index contributed by atoms with van der Waals surface area (Å²) in [5, 5.41) is 14.2. The van der Waals surface area contributed by atoms with Crippen molar-refractivity contribution in [2.45, 2.75) is 0 Å². The highest BCUT2D eigenvalue weighted by molar-refractivity contribution is 6.03. The van der Waals surface area contributed by atoms with Gasteiger partial charge in [-0.15, -0.1) is 0 Å². The monoisotopic (exact) mass is 271 g/mol. The van der Waals surface area contributed by atoms with Gasteiger partial charge in [0.2, 0.25) is 0 Å². The standard InChI is InChI=1S/C13H10FN5O/c1-16-12-7-17-6-11(18-12)13(20)19-10-3-2-9(14)4-8(10)5-15/h2-4,6-7H,1H3,(H,16,18)(H,19,20). The van der Waals surface area contributed by atoms with E-state index in [0.29, 0.717) is 5.82 Å². The lowest BCUT2D eigenvalue weighted by atomic mass is 10.2. The molecule has 0 radical (unpaired) electrons.